The van der Waals surface area contributed by atoms with E-state index < -0.39 is 0 Å². The highest BCUT2D eigenvalue weighted by Gasteiger charge is 1.75. The molecular formula is C7H10O. The van der Waals surface area contributed by atoms with E-state index in [0.717, 1.165) is 18.3 Å². The molecule has 0 radical (unpaired) electrons. The van der Waals surface area contributed by atoms with Crippen LogP contribution in [0.25, 0.3) is 0 Å². The molecule has 0 saturated heterocycles. The lowest BCUT2D eigenvalue weighted by molar-refractivity contribution is -0.104. The van der Waals surface area contributed by atoms with Gasteiger partial charge in [0, 0.05) is 0 Å². The molecule has 0 aromatic carbocycles. The van der Waals surface area contributed by atoms with Crippen LogP contribution in [0, 0.1) is 0 Å². The Morgan fingerprint density at radius 1 is 1.75 bits per heavy atom. The van der Waals surface area contributed by atoms with E-state index in [2.05, 4.69) is 6.58 Å². The SMILES string of the molecule is C=C(C)CC=CC=O. The number of aldehydes is 1. The molecule has 0 aromatic heterocycles. The Morgan fingerprint density at radius 2 is 2.38 bits per heavy atom. The molecule has 0 aliphatic carbocycles. The normalized spacial score (nSPS) is 9.62. The Morgan fingerprint density at radius 3 is 2.75 bits per heavy atom. The fourth-order valence-electron chi connectivity index (χ4n) is 0.325. The second-order valence-corrected chi connectivity index (χ2v) is 1.73. The lowest BCUT2D eigenvalue weighted by Gasteiger charge is -1.84. The van der Waals surface area contributed by atoms with Crippen molar-refractivity contribution in [1.82, 2.24) is 0 Å². The minimum absolute atomic E-state index is 0.767. The largest absolute Gasteiger partial charge is 0.299 e. The molecule has 0 spiro atoms. The summed E-state index contributed by atoms with van der Waals surface area (Å²) in [6.45, 7) is 5.59. The molecule has 0 saturated carbocycles. The first kappa shape index (κ1) is 7.15. The third-order valence-electron chi connectivity index (χ3n) is 0.681. The van der Waals surface area contributed by atoms with Gasteiger partial charge in [0.1, 0.15) is 6.29 Å². The van der Waals surface area contributed by atoms with Gasteiger partial charge in [0.2, 0.25) is 0 Å². The molecule has 0 N–H and O–H groups in total. The van der Waals surface area contributed by atoms with Crippen LogP contribution in [0.5, 0.6) is 0 Å². The molecule has 0 aliphatic heterocycles. The highest BCUT2D eigenvalue weighted by Crippen LogP contribution is 1.94. The van der Waals surface area contributed by atoms with Crippen LogP contribution in [0.3, 0.4) is 0 Å². The summed E-state index contributed by atoms with van der Waals surface area (Å²) >= 11 is 0. The number of carbonyl (C=O) groups excluding carboxylic acids is 1. The van der Waals surface area contributed by atoms with Crippen molar-refractivity contribution in [3.8, 4) is 0 Å². The van der Waals surface area contributed by atoms with Crippen LogP contribution in [0.15, 0.2) is 24.3 Å². The molecule has 44 valence electrons. The minimum Gasteiger partial charge on any atom is -0.299 e. The van der Waals surface area contributed by atoms with Crippen molar-refractivity contribution in [3.05, 3.63) is 24.3 Å². The number of hydrogen-bond acceptors (Lipinski definition) is 1. The number of allylic oxidation sites excluding steroid dienone is 3. The zero-order valence-corrected chi connectivity index (χ0v) is 5.05. The summed E-state index contributed by atoms with van der Waals surface area (Å²) in [5, 5.41) is 0. The topological polar surface area (TPSA) is 17.1 Å². The van der Waals surface area contributed by atoms with Gasteiger partial charge in [-0.25, -0.2) is 0 Å². The molecule has 0 aliphatic rings. The smallest absolute Gasteiger partial charge is 0.142 e. The second-order valence-electron chi connectivity index (χ2n) is 1.73. The summed E-state index contributed by atoms with van der Waals surface area (Å²) in [7, 11) is 0. The predicted octanol–water partition coefficient (Wildman–Crippen LogP) is 1.71. The fraction of sp³-hybridized carbons (Fsp3) is 0.286. The Kier molecular flexibility index (Phi) is 3.85. The summed E-state index contributed by atoms with van der Waals surface area (Å²) in [5.74, 6) is 0. The van der Waals surface area contributed by atoms with Gasteiger partial charge < -0.3 is 0 Å². The van der Waals surface area contributed by atoms with Crippen LogP contribution >= 0.6 is 0 Å². The summed E-state index contributed by atoms with van der Waals surface area (Å²) < 4.78 is 0. The van der Waals surface area contributed by atoms with Gasteiger partial charge in [-0.15, -0.1) is 0 Å². The van der Waals surface area contributed by atoms with E-state index in [1.165, 1.54) is 6.08 Å². The maximum Gasteiger partial charge on any atom is 0.142 e. The molecule has 0 atom stereocenters. The maximum atomic E-state index is 9.67. The minimum atomic E-state index is 0.767. The van der Waals surface area contributed by atoms with Crippen LogP contribution in [0.2, 0.25) is 0 Å². The standard InChI is InChI=1S/C7H10O/c1-7(2)5-3-4-6-8/h3-4,6H,1,5H2,2H3. The van der Waals surface area contributed by atoms with Crippen molar-refractivity contribution in [2.45, 2.75) is 13.3 Å². The highest BCUT2D eigenvalue weighted by molar-refractivity contribution is 5.64. The van der Waals surface area contributed by atoms with Crippen LogP contribution in [-0.4, -0.2) is 6.29 Å². The van der Waals surface area contributed by atoms with Gasteiger partial charge in [-0.3, -0.25) is 4.79 Å². The van der Waals surface area contributed by atoms with Gasteiger partial charge in [0.25, 0.3) is 0 Å². The van der Waals surface area contributed by atoms with E-state index in [9.17, 15) is 4.79 Å². The molecule has 0 aromatic rings. The Hall–Kier alpha value is -0.850. The van der Waals surface area contributed by atoms with E-state index in [1.54, 1.807) is 6.08 Å². The molecule has 0 rings (SSSR count). The molecule has 8 heavy (non-hydrogen) atoms. The molecule has 0 heterocycles. The first-order chi connectivity index (χ1) is 3.77. The van der Waals surface area contributed by atoms with Crippen molar-refractivity contribution in [1.29, 1.82) is 0 Å². The van der Waals surface area contributed by atoms with E-state index >= 15 is 0 Å². The quantitative estimate of drug-likeness (QED) is 0.307. The van der Waals surface area contributed by atoms with Crippen LogP contribution in [0.1, 0.15) is 13.3 Å². The lowest BCUT2D eigenvalue weighted by Crippen LogP contribution is -1.66. The van der Waals surface area contributed by atoms with E-state index in [0.29, 0.717) is 0 Å². The van der Waals surface area contributed by atoms with Gasteiger partial charge in [0.15, 0.2) is 0 Å². The number of rotatable bonds is 3. The summed E-state index contributed by atoms with van der Waals surface area (Å²) in [6, 6.07) is 0. The van der Waals surface area contributed by atoms with Crippen LogP contribution in [0.4, 0.5) is 0 Å². The average molecular weight is 110 g/mol. The molecule has 1 nitrogen and oxygen atoms in total. The predicted molar refractivity (Wildman–Crippen MR) is 34.6 cm³/mol. The third kappa shape index (κ3) is 5.15. The van der Waals surface area contributed by atoms with Crippen LogP contribution < -0.4 is 0 Å². The molecule has 0 amide bonds. The summed E-state index contributed by atoms with van der Waals surface area (Å²) in [6.07, 6.45) is 4.84. The Bertz CT molecular complexity index is 112. The van der Waals surface area contributed by atoms with Crippen molar-refractivity contribution in [2.24, 2.45) is 0 Å². The van der Waals surface area contributed by atoms with E-state index in [4.69, 9.17) is 0 Å². The zero-order chi connectivity index (χ0) is 6.41. The first-order valence-electron chi connectivity index (χ1n) is 2.52. The fourth-order valence-corrected chi connectivity index (χ4v) is 0.325. The number of carbonyl (C=O) groups is 1. The molecule has 0 fully saturated rings. The average Bonchev–Trinajstić information content (AvgIpc) is 1.66. The van der Waals surface area contributed by atoms with Gasteiger partial charge in [-0.05, 0) is 19.4 Å². The van der Waals surface area contributed by atoms with Crippen molar-refractivity contribution in [3.63, 3.8) is 0 Å². The molecule has 1 heteroatoms. The Labute approximate surface area is 49.7 Å². The van der Waals surface area contributed by atoms with Crippen molar-refractivity contribution in [2.75, 3.05) is 0 Å². The van der Waals surface area contributed by atoms with E-state index in [-0.39, 0.29) is 0 Å². The number of hydrogen-bond donors (Lipinski definition) is 0. The highest BCUT2D eigenvalue weighted by atomic mass is 16.1. The second kappa shape index (κ2) is 4.31. The van der Waals surface area contributed by atoms with Crippen molar-refractivity contribution < 1.29 is 4.79 Å². The molecular weight excluding hydrogens is 100 g/mol. The zero-order valence-electron chi connectivity index (χ0n) is 5.05. The molecule has 0 bridgehead atoms. The monoisotopic (exact) mass is 110 g/mol. The van der Waals surface area contributed by atoms with Gasteiger partial charge in [-0.2, -0.15) is 0 Å². The summed E-state index contributed by atoms with van der Waals surface area (Å²) in [4.78, 5) is 9.67. The summed E-state index contributed by atoms with van der Waals surface area (Å²) in [5.41, 5.74) is 1.07. The van der Waals surface area contributed by atoms with Crippen LogP contribution in [-0.2, 0) is 4.79 Å². The third-order valence-corrected chi connectivity index (χ3v) is 0.681. The van der Waals surface area contributed by atoms with E-state index in [1.807, 2.05) is 6.92 Å². The van der Waals surface area contributed by atoms with Crippen molar-refractivity contribution >= 4 is 6.29 Å². The Balaban J connectivity index is 3.29. The van der Waals surface area contributed by atoms with Gasteiger partial charge in [0.05, 0.1) is 0 Å². The van der Waals surface area contributed by atoms with Gasteiger partial charge in [-0.1, -0.05) is 18.2 Å². The first-order valence-corrected chi connectivity index (χ1v) is 2.52. The maximum absolute atomic E-state index is 9.67. The lowest BCUT2D eigenvalue weighted by atomic mass is 10.2. The molecule has 0 unspecified atom stereocenters. The van der Waals surface area contributed by atoms with Gasteiger partial charge >= 0.3 is 0 Å².